The molecule has 0 saturated carbocycles. The van der Waals surface area contributed by atoms with E-state index in [1.165, 1.54) is 31.4 Å². The molecular formula is C21H17F2NO6. The quantitative estimate of drug-likeness (QED) is 0.373. The Balaban J connectivity index is 1.53. The molecule has 30 heavy (non-hydrogen) atoms. The summed E-state index contributed by atoms with van der Waals surface area (Å²) in [6.07, 6.45) is 2.53. The fourth-order valence-electron chi connectivity index (χ4n) is 2.87. The van der Waals surface area contributed by atoms with Crippen molar-refractivity contribution in [3.05, 3.63) is 65.2 Å². The van der Waals surface area contributed by atoms with E-state index in [1.807, 2.05) is 0 Å². The first kappa shape index (κ1) is 21.0. The zero-order chi connectivity index (χ0) is 21.7. The van der Waals surface area contributed by atoms with Gasteiger partial charge >= 0.3 is 12.6 Å². The van der Waals surface area contributed by atoms with E-state index in [-0.39, 0.29) is 24.7 Å². The van der Waals surface area contributed by atoms with E-state index >= 15 is 0 Å². The zero-order valence-electron chi connectivity index (χ0n) is 15.8. The maximum atomic E-state index is 12.3. The number of carbonyl (C=O) groups excluding carboxylic acids is 3. The molecule has 7 nitrogen and oxygen atoms in total. The summed E-state index contributed by atoms with van der Waals surface area (Å²) in [5, 5.41) is 0. The van der Waals surface area contributed by atoms with Crippen molar-refractivity contribution >= 4 is 23.9 Å². The summed E-state index contributed by atoms with van der Waals surface area (Å²) in [4.78, 5) is 37.4. The topological polar surface area (TPSA) is 82.1 Å². The van der Waals surface area contributed by atoms with Crippen LogP contribution in [0.1, 0.15) is 26.3 Å². The number of rotatable bonds is 8. The second kappa shape index (κ2) is 9.17. The number of benzene rings is 2. The number of ether oxygens (including phenoxy) is 3. The molecule has 9 heteroatoms. The second-order valence-corrected chi connectivity index (χ2v) is 6.10. The summed E-state index contributed by atoms with van der Waals surface area (Å²) in [6.45, 7) is -3.23. The molecular weight excluding hydrogens is 400 g/mol. The lowest BCUT2D eigenvalue weighted by molar-refractivity contribution is -0.137. The Labute approximate surface area is 170 Å². The lowest BCUT2D eigenvalue weighted by atomic mass is 10.1. The minimum atomic E-state index is -2.99. The van der Waals surface area contributed by atoms with Gasteiger partial charge in [-0.3, -0.25) is 14.5 Å². The molecule has 0 bridgehead atoms. The fourth-order valence-corrected chi connectivity index (χ4v) is 2.87. The van der Waals surface area contributed by atoms with Gasteiger partial charge in [0, 0.05) is 6.08 Å². The van der Waals surface area contributed by atoms with Crippen LogP contribution in [0, 0.1) is 0 Å². The van der Waals surface area contributed by atoms with Gasteiger partial charge < -0.3 is 14.2 Å². The monoisotopic (exact) mass is 417 g/mol. The molecule has 0 fully saturated rings. The molecule has 2 aromatic rings. The maximum Gasteiger partial charge on any atom is 0.387 e. The lowest BCUT2D eigenvalue weighted by Gasteiger charge is -2.13. The van der Waals surface area contributed by atoms with Crippen molar-refractivity contribution in [1.82, 2.24) is 4.90 Å². The zero-order valence-corrected chi connectivity index (χ0v) is 15.8. The van der Waals surface area contributed by atoms with Gasteiger partial charge in [-0.2, -0.15) is 8.78 Å². The van der Waals surface area contributed by atoms with E-state index in [1.54, 1.807) is 24.3 Å². The van der Waals surface area contributed by atoms with Gasteiger partial charge in [-0.1, -0.05) is 18.2 Å². The van der Waals surface area contributed by atoms with Crippen LogP contribution in [-0.4, -0.2) is 49.6 Å². The predicted molar refractivity (Wildman–Crippen MR) is 101 cm³/mol. The summed E-state index contributed by atoms with van der Waals surface area (Å²) < 4.78 is 39.0. The SMILES string of the molecule is COc1cc(C=CC(=O)OCCN2C(=O)c3ccccc3C2=O)ccc1OC(F)F. The van der Waals surface area contributed by atoms with Crippen molar-refractivity contribution in [3.8, 4) is 11.5 Å². The first-order valence-corrected chi connectivity index (χ1v) is 8.83. The Hall–Kier alpha value is -3.75. The molecule has 0 atom stereocenters. The number of nitrogens with zero attached hydrogens (tertiary/aromatic N) is 1. The molecule has 2 amide bonds. The van der Waals surface area contributed by atoms with Crippen molar-refractivity contribution in [3.63, 3.8) is 0 Å². The Bertz CT molecular complexity index is 970. The number of fused-ring (bicyclic) bond motifs is 1. The number of carbonyl (C=O) groups is 3. The number of imide groups is 1. The Morgan fingerprint density at radius 1 is 1.07 bits per heavy atom. The third-order valence-electron chi connectivity index (χ3n) is 4.25. The van der Waals surface area contributed by atoms with Crippen LogP contribution < -0.4 is 9.47 Å². The highest BCUT2D eigenvalue weighted by Crippen LogP contribution is 2.29. The number of alkyl halides is 2. The van der Waals surface area contributed by atoms with E-state index in [0.717, 1.165) is 11.0 Å². The molecule has 0 spiro atoms. The maximum absolute atomic E-state index is 12.3. The number of amides is 2. The third-order valence-corrected chi connectivity index (χ3v) is 4.25. The minimum Gasteiger partial charge on any atom is -0.493 e. The molecule has 1 aliphatic rings. The Morgan fingerprint density at radius 3 is 2.33 bits per heavy atom. The average molecular weight is 417 g/mol. The molecule has 0 aliphatic carbocycles. The molecule has 3 rings (SSSR count). The summed E-state index contributed by atoms with van der Waals surface area (Å²) >= 11 is 0. The lowest BCUT2D eigenvalue weighted by Crippen LogP contribution is -2.33. The molecule has 1 heterocycles. The molecule has 0 aromatic heterocycles. The predicted octanol–water partition coefficient (Wildman–Crippen LogP) is 3.15. The van der Waals surface area contributed by atoms with E-state index in [4.69, 9.17) is 9.47 Å². The van der Waals surface area contributed by atoms with Crippen LogP contribution in [0.4, 0.5) is 8.78 Å². The van der Waals surface area contributed by atoms with Crippen LogP contribution in [0.25, 0.3) is 6.08 Å². The van der Waals surface area contributed by atoms with Gasteiger partial charge in [-0.05, 0) is 35.9 Å². The van der Waals surface area contributed by atoms with E-state index in [9.17, 15) is 23.2 Å². The van der Waals surface area contributed by atoms with Crippen LogP contribution in [-0.2, 0) is 9.53 Å². The van der Waals surface area contributed by atoms with E-state index in [0.29, 0.717) is 16.7 Å². The number of esters is 1. The number of hydrogen-bond acceptors (Lipinski definition) is 6. The van der Waals surface area contributed by atoms with Crippen LogP contribution >= 0.6 is 0 Å². The summed E-state index contributed by atoms with van der Waals surface area (Å²) in [7, 11) is 1.30. The van der Waals surface area contributed by atoms with E-state index < -0.39 is 24.4 Å². The summed E-state index contributed by atoms with van der Waals surface area (Å²) in [6, 6.07) is 10.6. The first-order chi connectivity index (χ1) is 14.4. The molecule has 2 aromatic carbocycles. The second-order valence-electron chi connectivity index (χ2n) is 6.10. The first-order valence-electron chi connectivity index (χ1n) is 8.83. The largest absolute Gasteiger partial charge is 0.493 e. The van der Waals surface area contributed by atoms with Crippen LogP contribution in [0.3, 0.4) is 0 Å². The molecule has 156 valence electrons. The van der Waals surface area contributed by atoms with Gasteiger partial charge in [0.25, 0.3) is 11.8 Å². The number of halogens is 2. The summed E-state index contributed by atoms with van der Waals surface area (Å²) in [5.41, 5.74) is 1.13. The average Bonchev–Trinajstić information content (AvgIpc) is 2.97. The van der Waals surface area contributed by atoms with Crippen LogP contribution in [0.15, 0.2) is 48.5 Å². The van der Waals surface area contributed by atoms with Crippen molar-refractivity contribution in [2.45, 2.75) is 6.61 Å². The highest BCUT2D eigenvalue weighted by molar-refractivity contribution is 6.21. The van der Waals surface area contributed by atoms with Gasteiger partial charge in [0.05, 0.1) is 24.8 Å². The van der Waals surface area contributed by atoms with Gasteiger partial charge in [0.1, 0.15) is 6.61 Å². The fraction of sp³-hybridized carbons (Fsp3) is 0.190. The van der Waals surface area contributed by atoms with Gasteiger partial charge in [-0.25, -0.2) is 4.79 Å². The van der Waals surface area contributed by atoms with Gasteiger partial charge in [0.15, 0.2) is 11.5 Å². The molecule has 0 unspecified atom stereocenters. The highest BCUT2D eigenvalue weighted by atomic mass is 19.3. The van der Waals surface area contributed by atoms with Crippen LogP contribution in [0.2, 0.25) is 0 Å². The molecule has 0 saturated heterocycles. The third kappa shape index (κ3) is 4.62. The number of methoxy groups -OCH3 is 1. The number of hydrogen-bond donors (Lipinski definition) is 0. The highest BCUT2D eigenvalue weighted by Gasteiger charge is 2.34. The standard InChI is InChI=1S/C21H17F2NO6/c1-28-17-12-13(6-8-16(17)30-21(22)23)7-9-18(25)29-11-10-24-19(26)14-4-2-3-5-15(14)20(24)27/h2-9,12,21H,10-11H2,1H3. The van der Waals surface area contributed by atoms with Gasteiger partial charge in [-0.15, -0.1) is 0 Å². The minimum absolute atomic E-state index is 0.0700. The summed E-state index contributed by atoms with van der Waals surface area (Å²) in [5.74, 6) is -1.61. The van der Waals surface area contributed by atoms with Crippen LogP contribution in [0.5, 0.6) is 11.5 Å². The van der Waals surface area contributed by atoms with Crippen molar-refractivity contribution in [1.29, 1.82) is 0 Å². The van der Waals surface area contributed by atoms with Crippen molar-refractivity contribution in [2.24, 2.45) is 0 Å². The Morgan fingerprint density at radius 2 is 1.73 bits per heavy atom. The van der Waals surface area contributed by atoms with Crippen molar-refractivity contribution < 1.29 is 37.4 Å². The normalized spacial score (nSPS) is 13.1. The van der Waals surface area contributed by atoms with Gasteiger partial charge in [0.2, 0.25) is 0 Å². The van der Waals surface area contributed by atoms with Crippen molar-refractivity contribution in [2.75, 3.05) is 20.3 Å². The van der Waals surface area contributed by atoms with E-state index in [2.05, 4.69) is 4.74 Å². The molecule has 0 N–H and O–H groups in total. The molecule has 0 radical (unpaired) electrons. The Kier molecular flexibility index (Phi) is 6.41. The molecule has 1 aliphatic heterocycles. The smallest absolute Gasteiger partial charge is 0.387 e.